The summed E-state index contributed by atoms with van der Waals surface area (Å²) >= 11 is 3.34. The lowest BCUT2D eigenvalue weighted by Gasteiger charge is -2.23. The van der Waals surface area contributed by atoms with E-state index >= 15 is 0 Å². The van der Waals surface area contributed by atoms with Gasteiger partial charge in [-0.05, 0) is 62.4 Å². The van der Waals surface area contributed by atoms with E-state index < -0.39 is 0 Å². The maximum absolute atomic E-state index is 13.3. The monoisotopic (exact) mass is 285 g/mol. The molecule has 1 atom stereocenters. The first-order chi connectivity index (χ1) is 7.55. The van der Waals surface area contributed by atoms with Crippen molar-refractivity contribution in [3.05, 3.63) is 34.1 Å². The summed E-state index contributed by atoms with van der Waals surface area (Å²) in [7, 11) is 1.99. The Bertz CT molecular complexity index is 367. The molecule has 1 fully saturated rings. The predicted molar refractivity (Wildman–Crippen MR) is 68.0 cm³/mol. The Hall–Kier alpha value is -0.410. The van der Waals surface area contributed by atoms with Crippen molar-refractivity contribution in [3.63, 3.8) is 0 Å². The molecule has 0 saturated heterocycles. The van der Waals surface area contributed by atoms with Gasteiger partial charge >= 0.3 is 0 Å². The average molecular weight is 286 g/mol. The summed E-state index contributed by atoms with van der Waals surface area (Å²) in [6.07, 6.45) is 3.44. The Morgan fingerprint density at radius 3 is 2.62 bits per heavy atom. The van der Waals surface area contributed by atoms with Crippen LogP contribution in [0.4, 0.5) is 4.39 Å². The molecule has 0 aromatic heterocycles. The summed E-state index contributed by atoms with van der Waals surface area (Å²) in [6, 6.07) is 5.66. The minimum absolute atomic E-state index is 0.155. The van der Waals surface area contributed by atoms with Gasteiger partial charge in [0.15, 0.2) is 0 Å². The van der Waals surface area contributed by atoms with Crippen LogP contribution in [-0.4, -0.2) is 13.1 Å². The Morgan fingerprint density at radius 2 is 2.12 bits per heavy atom. The number of hydrogen-bond donors (Lipinski definition) is 1. The Balaban J connectivity index is 2.15. The minimum Gasteiger partial charge on any atom is -0.317 e. The van der Waals surface area contributed by atoms with E-state index in [9.17, 15) is 4.39 Å². The van der Waals surface area contributed by atoms with Crippen molar-refractivity contribution in [3.8, 4) is 0 Å². The van der Waals surface area contributed by atoms with Crippen molar-refractivity contribution in [2.24, 2.45) is 5.41 Å². The van der Waals surface area contributed by atoms with E-state index in [-0.39, 0.29) is 5.82 Å². The van der Waals surface area contributed by atoms with Gasteiger partial charge < -0.3 is 5.32 Å². The number of nitrogens with one attached hydrogen (secondary N) is 1. The largest absolute Gasteiger partial charge is 0.317 e. The average Bonchev–Trinajstić information content (AvgIpc) is 2.96. The molecule has 88 valence electrons. The second-order valence-corrected chi connectivity index (χ2v) is 5.74. The highest BCUT2D eigenvalue weighted by Crippen LogP contribution is 2.51. The molecule has 1 N–H and O–H groups in total. The fourth-order valence-corrected chi connectivity index (χ4v) is 2.86. The molecule has 0 spiro atoms. The van der Waals surface area contributed by atoms with Crippen LogP contribution in [0.2, 0.25) is 0 Å². The fourth-order valence-electron chi connectivity index (χ4n) is 2.35. The second kappa shape index (κ2) is 4.46. The Kier molecular flexibility index (Phi) is 3.36. The lowest BCUT2D eigenvalue weighted by atomic mass is 9.90. The molecule has 0 heterocycles. The van der Waals surface area contributed by atoms with Gasteiger partial charge in [-0.15, -0.1) is 0 Å². The third-order valence-electron chi connectivity index (χ3n) is 3.72. The quantitative estimate of drug-likeness (QED) is 0.893. The molecule has 0 bridgehead atoms. The molecule has 1 saturated carbocycles. The summed E-state index contributed by atoms with van der Waals surface area (Å²) in [6.45, 7) is 2.21. The van der Waals surface area contributed by atoms with Crippen molar-refractivity contribution in [2.75, 3.05) is 7.05 Å². The van der Waals surface area contributed by atoms with E-state index in [2.05, 4.69) is 28.2 Å². The fraction of sp³-hybridized carbons (Fsp3) is 0.538. The number of hydrogen-bond acceptors (Lipinski definition) is 1. The first-order valence-electron chi connectivity index (χ1n) is 5.68. The molecule has 1 unspecified atom stereocenters. The molecular weight excluding hydrogens is 269 g/mol. The van der Waals surface area contributed by atoms with E-state index in [1.165, 1.54) is 18.9 Å². The first kappa shape index (κ1) is 12.1. The molecule has 3 heteroatoms. The SMILES string of the molecule is CNC(C)C1(Cc2cc(F)cc(Br)c2)CC1. The lowest BCUT2D eigenvalue weighted by Crippen LogP contribution is -2.33. The number of rotatable bonds is 4. The summed E-state index contributed by atoms with van der Waals surface area (Å²) in [4.78, 5) is 0. The van der Waals surface area contributed by atoms with Crippen LogP contribution in [-0.2, 0) is 6.42 Å². The van der Waals surface area contributed by atoms with Gasteiger partial charge in [0, 0.05) is 10.5 Å². The molecular formula is C13H17BrFN. The molecule has 1 nitrogen and oxygen atoms in total. The van der Waals surface area contributed by atoms with Crippen LogP contribution in [0.5, 0.6) is 0 Å². The van der Waals surface area contributed by atoms with Crippen LogP contribution in [0.1, 0.15) is 25.3 Å². The van der Waals surface area contributed by atoms with Crippen molar-refractivity contribution < 1.29 is 4.39 Å². The molecule has 0 aliphatic heterocycles. The van der Waals surface area contributed by atoms with Gasteiger partial charge in [0.05, 0.1) is 0 Å². The van der Waals surface area contributed by atoms with Crippen LogP contribution < -0.4 is 5.32 Å². The molecule has 1 aliphatic carbocycles. The number of halogens is 2. The van der Waals surface area contributed by atoms with Crippen LogP contribution in [0, 0.1) is 11.2 Å². The van der Waals surface area contributed by atoms with Gasteiger partial charge in [-0.25, -0.2) is 4.39 Å². The smallest absolute Gasteiger partial charge is 0.124 e. The maximum Gasteiger partial charge on any atom is 0.124 e. The Labute approximate surface area is 105 Å². The van der Waals surface area contributed by atoms with Crippen LogP contribution in [0.25, 0.3) is 0 Å². The third kappa shape index (κ3) is 2.46. The van der Waals surface area contributed by atoms with Gasteiger partial charge in [-0.1, -0.05) is 15.9 Å². The first-order valence-corrected chi connectivity index (χ1v) is 6.47. The second-order valence-electron chi connectivity index (χ2n) is 4.83. The van der Waals surface area contributed by atoms with Gasteiger partial charge in [0.1, 0.15) is 5.82 Å². The van der Waals surface area contributed by atoms with Gasteiger partial charge in [-0.2, -0.15) is 0 Å². The van der Waals surface area contributed by atoms with Crippen molar-refractivity contribution >= 4 is 15.9 Å². The summed E-state index contributed by atoms with van der Waals surface area (Å²) in [5.41, 5.74) is 1.44. The van der Waals surface area contributed by atoms with E-state index in [4.69, 9.17) is 0 Å². The van der Waals surface area contributed by atoms with Gasteiger partial charge in [0.25, 0.3) is 0 Å². The number of benzene rings is 1. The highest BCUT2D eigenvalue weighted by Gasteiger charge is 2.46. The molecule has 0 radical (unpaired) electrons. The summed E-state index contributed by atoms with van der Waals surface area (Å²) in [5, 5.41) is 3.31. The van der Waals surface area contributed by atoms with Crippen molar-refractivity contribution in [1.29, 1.82) is 0 Å². The predicted octanol–water partition coefficient (Wildman–Crippen LogP) is 3.52. The molecule has 0 amide bonds. The minimum atomic E-state index is -0.155. The third-order valence-corrected chi connectivity index (χ3v) is 4.18. The van der Waals surface area contributed by atoms with Gasteiger partial charge in [-0.3, -0.25) is 0 Å². The van der Waals surface area contributed by atoms with Crippen molar-refractivity contribution in [2.45, 2.75) is 32.2 Å². The molecule has 16 heavy (non-hydrogen) atoms. The van der Waals surface area contributed by atoms with Crippen LogP contribution in [0.3, 0.4) is 0 Å². The van der Waals surface area contributed by atoms with Crippen molar-refractivity contribution in [1.82, 2.24) is 5.32 Å². The zero-order chi connectivity index (χ0) is 11.8. The zero-order valence-electron chi connectivity index (χ0n) is 9.69. The standard InChI is InChI=1S/C13H17BrFN/c1-9(16-2)13(3-4-13)8-10-5-11(14)7-12(15)6-10/h5-7,9,16H,3-4,8H2,1-2H3. The molecule has 2 rings (SSSR count). The summed E-state index contributed by atoms with van der Waals surface area (Å²) in [5.74, 6) is -0.155. The maximum atomic E-state index is 13.3. The summed E-state index contributed by atoms with van der Waals surface area (Å²) < 4.78 is 14.1. The highest BCUT2D eigenvalue weighted by molar-refractivity contribution is 9.10. The molecule has 1 aromatic carbocycles. The van der Waals surface area contributed by atoms with E-state index in [0.717, 1.165) is 16.5 Å². The Morgan fingerprint density at radius 1 is 1.44 bits per heavy atom. The topological polar surface area (TPSA) is 12.0 Å². The van der Waals surface area contributed by atoms with Crippen LogP contribution >= 0.6 is 15.9 Å². The van der Waals surface area contributed by atoms with E-state index in [0.29, 0.717) is 11.5 Å². The highest BCUT2D eigenvalue weighted by atomic mass is 79.9. The van der Waals surface area contributed by atoms with Gasteiger partial charge in [0.2, 0.25) is 0 Å². The normalized spacial score (nSPS) is 19.5. The van der Waals surface area contributed by atoms with E-state index in [1.54, 1.807) is 6.07 Å². The molecule has 1 aromatic rings. The zero-order valence-corrected chi connectivity index (χ0v) is 11.3. The lowest BCUT2D eigenvalue weighted by molar-refractivity contribution is 0.369. The van der Waals surface area contributed by atoms with Crippen LogP contribution in [0.15, 0.2) is 22.7 Å². The van der Waals surface area contributed by atoms with E-state index in [1.807, 2.05) is 13.1 Å². The molecule has 1 aliphatic rings.